The Morgan fingerprint density at radius 2 is 1.74 bits per heavy atom. The molecule has 1 unspecified atom stereocenters. The van der Waals surface area contributed by atoms with E-state index < -0.39 is 6.09 Å². The van der Waals surface area contributed by atoms with Gasteiger partial charge in [-0.1, -0.05) is 55.5 Å². The number of hydrogen-bond acceptors (Lipinski definition) is 1. The highest BCUT2D eigenvalue weighted by atomic mass is 16.4. The number of benzene rings is 2. The van der Waals surface area contributed by atoms with Crippen molar-refractivity contribution in [3.63, 3.8) is 0 Å². The Bertz CT molecular complexity index is 552. The summed E-state index contributed by atoms with van der Waals surface area (Å²) in [5, 5.41) is 11.4. The lowest BCUT2D eigenvalue weighted by molar-refractivity contribution is 0.209. The van der Waals surface area contributed by atoms with Crippen LogP contribution in [-0.4, -0.2) is 11.2 Å². The monoisotopic (exact) mass is 255 g/mol. The molecule has 0 saturated carbocycles. The van der Waals surface area contributed by atoms with E-state index in [1.165, 1.54) is 5.56 Å². The molecule has 19 heavy (non-hydrogen) atoms. The molecule has 3 heteroatoms. The smallest absolute Gasteiger partial charge is 0.409 e. The van der Waals surface area contributed by atoms with Gasteiger partial charge in [0, 0.05) is 11.6 Å². The Hall–Kier alpha value is -2.29. The van der Waals surface area contributed by atoms with E-state index in [9.17, 15) is 4.79 Å². The lowest BCUT2D eigenvalue weighted by Gasteiger charge is -2.19. The standard InChI is InChI=1S/C16H17NO2/c1-2-13(12-8-4-3-5-9-12)14-10-6-7-11-15(14)17-16(18)19/h3-11,13,17H,2H2,1H3,(H,18,19). The number of para-hydroxylation sites is 1. The summed E-state index contributed by atoms with van der Waals surface area (Å²) in [6.45, 7) is 2.11. The quantitative estimate of drug-likeness (QED) is 0.854. The van der Waals surface area contributed by atoms with Gasteiger partial charge >= 0.3 is 6.09 Å². The molecule has 0 radical (unpaired) electrons. The number of carbonyl (C=O) groups is 1. The third kappa shape index (κ3) is 3.13. The Labute approximate surface area is 112 Å². The van der Waals surface area contributed by atoms with Crippen LogP contribution >= 0.6 is 0 Å². The van der Waals surface area contributed by atoms with Gasteiger partial charge in [-0.25, -0.2) is 4.79 Å². The maximum absolute atomic E-state index is 10.9. The summed E-state index contributed by atoms with van der Waals surface area (Å²) in [6, 6.07) is 17.7. The third-order valence-corrected chi connectivity index (χ3v) is 3.19. The van der Waals surface area contributed by atoms with Gasteiger partial charge in [0.2, 0.25) is 0 Å². The third-order valence-electron chi connectivity index (χ3n) is 3.19. The van der Waals surface area contributed by atoms with Gasteiger partial charge in [-0.05, 0) is 23.6 Å². The van der Waals surface area contributed by atoms with Gasteiger partial charge in [0.05, 0.1) is 0 Å². The van der Waals surface area contributed by atoms with E-state index in [1.54, 1.807) is 6.07 Å². The number of amides is 1. The van der Waals surface area contributed by atoms with E-state index >= 15 is 0 Å². The van der Waals surface area contributed by atoms with E-state index in [0.717, 1.165) is 12.0 Å². The van der Waals surface area contributed by atoms with Gasteiger partial charge in [-0.2, -0.15) is 0 Å². The molecule has 1 atom stereocenters. The van der Waals surface area contributed by atoms with Gasteiger partial charge < -0.3 is 5.11 Å². The zero-order valence-corrected chi connectivity index (χ0v) is 10.8. The van der Waals surface area contributed by atoms with Crippen LogP contribution in [0.2, 0.25) is 0 Å². The average molecular weight is 255 g/mol. The fourth-order valence-electron chi connectivity index (χ4n) is 2.35. The molecule has 2 aromatic carbocycles. The molecule has 0 fully saturated rings. The molecule has 2 N–H and O–H groups in total. The van der Waals surface area contributed by atoms with Crippen LogP contribution in [0, 0.1) is 0 Å². The van der Waals surface area contributed by atoms with Gasteiger partial charge in [-0.15, -0.1) is 0 Å². The highest BCUT2D eigenvalue weighted by Gasteiger charge is 2.16. The van der Waals surface area contributed by atoms with Crippen molar-refractivity contribution in [2.24, 2.45) is 0 Å². The fourth-order valence-corrected chi connectivity index (χ4v) is 2.35. The minimum atomic E-state index is -1.03. The van der Waals surface area contributed by atoms with Gasteiger partial charge in [0.25, 0.3) is 0 Å². The summed E-state index contributed by atoms with van der Waals surface area (Å²) >= 11 is 0. The first-order valence-electron chi connectivity index (χ1n) is 6.36. The summed E-state index contributed by atoms with van der Waals surface area (Å²) in [4.78, 5) is 10.9. The molecular weight excluding hydrogens is 238 g/mol. The van der Waals surface area contributed by atoms with E-state index in [-0.39, 0.29) is 5.92 Å². The van der Waals surface area contributed by atoms with Crippen LogP contribution in [0.1, 0.15) is 30.4 Å². The first kappa shape index (κ1) is 13.1. The normalized spacial score (nSPS) is 11.8. The van der Waals surface area contributed by atoms with Crippen molar-refractivity contribution in [1.29, 1.82) is 0 Å². The van der Waals surface area contributed by atoms with Gasteiger partial charge in [0.1, 0.15) is 0 Å². The van der Waals surface area contributed by atoms with Crippen molar-refractivity contribution in [2.45, 2.75) is 19.3 Å². The maximum atomic E-state index is 10.9. The minimum absolute atomic E-state index is 0.198. The second kappa shape index (κ2) is 6.05. The Balaban J connectivity index is 2.41. The van der Waals surface area contributed by atoms with Crippen LogP contribution < -0.4 is 5.32 Å². The van der Waals surface area contributed by atoms with Crippen LogP contribution in [0.4, 0.5) is 10.5 Å². The van der Waals surface area contributed by atoms with Crippen molar-refractivity contribution < 1.29 is 9.90 Å². The van der Waals surface area contributed by atoms with Crippen molar-refractivity contribution in [2.75, 3.05) is 5.32 Å². The van der Waals surface area contributed by atoms with E-state index in [1.807, 2.05) is 36.4 Å². The molecule has 0 spiro atoms. The van der Waals surface area contributed by atoms with Gasteiger partial charge in [0.15, 0.2) is 0 Å². The van der Waals surface area contributed by atoms with Gasteiger partial charge in [-0.3, -0.25) is 5.32 Å². The molecule has 0 aliphatic rings. The lowest BCUT2D eigenvalue weighted by Crippen LogP contribution is -2.11. The Morgan fingerprint density at radius 1 is 1.11 bits per heavy atom. The van der Waals surface area contributed by atoms with Crippen LogP contribution in [0.3, 0.4) is 0 Å². The first-order chi connectivity index (χ1) is 9.22. The van der Waals surface area contributed by atoms with E-state index in [0.29, 0.717) is 5.69 Å². The molecular formula is C16H17NO2. The van der Waals surface area contributed by atoms with E-state index in [4.69, 9.17) is 5.11 Å². The molecule has 0 aromatic heterocycles. The highest BCUT2D eigenvalue weighted by Crippen LogP contribution is 2.32. The molecule has 2 rings (SSSR count). The zero-order chi connectivity index (χ0) is 13.7. The number of hydrogen-bond donors (Lipinski definition) is 2. The van der Waals surface area contributed by atoms with Crippen molar-refractivity contribution in [3.05, 3.63) is 65.7 Å². The van der Waals surface area contributed by atoms with Crippen molar-refractivity contribution >= 4 is 11.8 Å². The Kier molecular flexibility index (Phi) is 4.18. The second-order valence-electron chi connectivity index (χ2n) is 4.39. The number of rotatable bonds is 4. The SMILES string of the molecule is CCC(c1ccccc1)c1ccccc1NC(=O)O. The van der Waals surface area contributed by atoms with Crippen molar-refractivity contribution in [1.82, 2.24) is 0 Å². The molecule has 2 aromatic rings. The van der Waals surface area contributed by atoms with Crippen molar-refractivity contribution in [3.8, 4) is 0 Å². The Morgan fingerprint density at radius 3 is 2.37 bits per heavy atom. The summed E-state index contributed by atoms with van der Waals surface area (Å²) in [7, 11) is 0. The fraction of sp³-hybridized carbons (Fsp3) is 0.188. The summed E-state index contributed by atoms with van der Waals surface area (Å²) in [5.74, 6) is 0.198. The summed E-state index contributed by atoms with van der Waals surface area (Å²) in [5.41, 5.74) is 2.87. The zero-order valence-electron chi connectivity index (χ0n) is 10.8. The van der Waals surface area contributed by atoms with Crippen LogP contribution in [0.15, 0.2) is 54.6 Å². The number of anilines is 1. The predicted molar refractivity (Wildman–Crippen MR) is 76.7 cm³/mol. The van der Waals surface area contributed by atoms with Crippen LogP contribution in [0.5, 0.6) is 0 Å². The van der Waals surface area contributed by atoms with Crippen LogP contribution in [-0.2, 0) is 0 Å². The maximum Gasteiger partial charge on any atom is 0.409 e. The number of nitrogens with one attached hydrogen (secondary N) is 1. The number of carboxylic acid groups (broad SMARTS) is 1. The molecule has 0 aliphatic heterocycles. The van der Waals surface area contributed by atoms with E-state index in [2.05, 4.69) is 24.4 Å². The lowest BCUT2D eigenvalue weighted by atomic mass is 9.88. The predicted octanol–water partition coefficient (Wildman–Crippen LogP) is 4.32. The second-order valence-corrected chi connectivity index (χ2v) is 4.39. The largest absolute Gasteiger partial charge is 0.465 e. The molecule has 0 saturated heterocycles. The minimum Gasteiger partial charge on any atom is -0.465 e. The first-order valence-corrected chi connectivity index (χ1v) is 6.36. The molecule has 0 bridgehead atoms. The average Bonchev–Trinajstić information content (AvgIpc) is 2.42. The molecule has 1 amide bonds. The molecule has 0 heterocycles. The molecule has 0 aliphatic carbocycles. The highest BCUT2D eigenvalue weighted by molar-refractivity contribution is 5.84. The summed E-state index contributed by atoms with van der Waals surface area (Å²) < 4.78 is 0. The molecule has 98 valence electrons. The summed E-state index contributed by atoms with van der Waals surface area (Å²) in [6.07, 6.45) is -0.113. The molecule has 3 nitrogen and oxygen atoms in total. The topological polar surface area (TPSA) is 49.3 Å². The van der Waals surface area contributed by atoms with Crippen LogP contribution in [0.25, 0.3) is 0 Å².